The number of pyridine rings is 1. The Morgan fingerprint density at radius 1 is 1.00 bits per heavy atom. The molecule has 1 aliphatic carbocycles. The number of aryl methyl sites for hydroxylation is 2. The molecule has 0 unspecified atom stereocenters. The first-order chi connectivity index (χ1) is 15.2. The van der Waals surface area contributed by atoms with Crippen LogP contribution < -0.4 is 10.2 Å². The third-order valence-corrected chi connectivity index (χ3v) is 5.84. The minimum atomic E-state index is -0.0252. The number of amides is 1. The molecule has 9 nitrogen and oxygen atoms in total. The van der Waals surface area contributed by atoms with E-state index in [2.05, 4.69) is 30.6 Å². The molecule has 1 N–H and O–H groups in total. The normalized spacial score (nSPS) is 16.2. The predicted molar refractivity (Wildman–Crippen MR) is 116 cm³/mol. The lowest BCUT2D eigenvalue weighted by Gasteiger charge is -2.35. The number of carbonyl (C=O) groups excluding carboxylic acids is 1. The summed E-state index contributed by atoms with van der Waals surface area (Å²) in [6, 6.07) is 9.62. The van der Waals surface area contributed by atoms with E-state index in [9.17, 15) is 4.79 Å². The molecule has 0 spiro atoms. The van der Waals surface area contributed by atoms with Gasteiger partial charge in [-0.2, -0.15) is 0 Å². The minimum Gasteiger partial charge on any atom is -0.360 e. The zero-order chi connectivity index (χ0) is 21.2. The maximum atomic E-state index is 13.0. The fourth-order valence-corrected chi connectivity index (χ4v) is 4.15. The van der Waals surface area contributed by atoms with Gasteiger partial charge in [-0.05, 0) is 50.5 Å². The molecular weight excluding hydrogens is 394 g/mol. The van der Waals surface area contributed by atoms with Crippen molar-refractivity contribution in [2.24, 2.45) is 0 Å². The van der Waals surface area contributed by atoms with Gasteiger partial charge in [0.1, 0.15) is 11.6 Å². The van der Waals surface area contributed by atoms with Gasteiger partial charge in [0, 0.05) is 43.9 Å². The van der Waals surface area contributed by atoms with Crippen molar-refractivity contribution in [1.82, 2.24) is 25.2 Å². The monoisotopic (exact) mass is 419 g/mol. The molecule has 0 saturated carbocycles. The highest BCUT2D eigenvalue weighted by atomic mass is 16.5. The second-order valence-corrected chi connectivity index (χ2v) is 7.99. The first-order valence-corrected chi connectivity index (χ1v) is 10.7. The fraction of sp³-hybridized carbons (Fsp3) is 0.409. The average molecular weight is 419 g/mol. The van der Waals surface area contributed by atoms with Crippen LogP contribution in [0.15, 0.2) is 34.9 Å². The Bertz CT molecular complexity index is 1070. The Labute approximate surface area is 180 Å². The summed E-state index contributed by atoms with van der Waals surface area (Å²) in [6.45, 7) is 4.59. The molecule has 3 aromatic heterocycles. The van der Waals surface area contributed by atoms with Crippen LogP contribution in [0.1, 0.15) is 40.3 Å². The fourth-order valence-electron chi connectivity index (χ4n) is 4.15. The molecule has 1 saturated heterocycles. The smallest absolute Gasteiger partial charge is 0.276 e. The molecule has 0 atom stereocenters. The van der Waals surface area contributed by atoms with Crippen LogP contribution in [0.25, 0.3) is 0 Å². The van der Waals surface area contributed by atoms with E-state index in [1.807, 2.05) is 42.2 Å². The van der Waals surface area contributed by atoms with Crippen LogP contribution in [-0.2, 0) is 12.8 Å². The van der Waals surface area contributed by atoms with Crippen molar-refractivity contribution >= 4 is 23.4 Å². The number of hydrogen-bond donors (Lipinski definition) is 1. The number of hydrogen-bond acceptors (Lipinski definition) is 8. The Kier molecular flexibility index (Phi) is 5.23. The molecule has 2 aliphatic rings. The minimum absolute atomic E-state index is 0.0252. The molecule has 0 radical (unpaired) electrons. The van der Waals surface area contributed by atoms with E-state index in [0.29, 0.717) is 37.7 Å². The van der Waals surface area contributed by atoms with Crippen LogP contribution in [0.3, 0.4) is 0 Å². The second-order valence-electron chi connectivity index (χ2n) is 7.99. The number of piperazine rings is 1. The largest absolute Gasteiger partial charge is 0.360 e. The summed E-state index contributed by atoms with van der Waals surface area (Å²) in [6.07, 6.45) is 3.96. The highest BCUT2D eigenvalue weighted by Gasteiger charge is 2.29. The Morgan fingerprint density at radius 2 is 1.84 bits per heavy atom. The molecule has 1 aliphatic heterocycles. The molecule has 0 bridgehead atoms. The van der Waals surface area contributed by atoms with Crippen LogP contribution >= 0.6 is 0 Å². The number of aromatic nitrogens is 4. The lowest BCUT2D eigenvalue weighted by Crippen LogP contribution is -2.49. The van der Waals surface area contributed by atoms with Crippen LogP contribution in [0.2, 0.25) is 0 Å². The SMILES string of the molecule is Cc1cccc(Nc2ccc(N3CCN(C(=O)c4noc5c4CCCC5)CC3)nn2)n1. The van der Waals surface area contributed by atoms with E-state index in [1.165, 1.54) is 0 Å². The van der Waals surface area contributed by atoms with Crippen LogP contribution in [-0.4, -0.2) is 57.3 Å². The van der Waals surface area contributed by atoms with E-state index >= 15 is 0 Å². The molecule has 5 rings (SSSR count). The zero-order valence-electron chi connectivity index (χ0n) is 17.5. The van der Waals surface area contributed by atoms with E-state index < -0.39 is 0 Å². The molecule has 9 heteroatoms. The van der Waals surface area contributed by atoms with Gasteiger partial charge in [0.05, 0.1) is 0 Å². The number of carbonyl (C=O) groups is 1. The lowest BCUT2D eigenvalue weighted by molar-refractivity contribution is 0.0735. The molecule has 0 aromatic carbocycles. The third kappa shape index (κ3) is 4.08. The zero-order valence-corrected chi connectivity index (χ0v) is 17.5. The molecule has 31 heavy (non-hydrogen) atoms. The van der Waals surface area contributed by atoms with Gasteiger partial charge in [-0.25, -0.2) is 4.98 Å². The quantitative estimate of drug-likeness (QED) is 0.689. The van der Waals surface area contributed by atoms with Gasteiger partial charge in [0.15, 0.2) is 17.3 Å². The van der Waals surface area contributed by atoms with E-state index in [0.717, 1.165) is 54.3 Å². The number of nitrogens with one attached hydrogen (secondary N) is 1. The van der Waals surface area contributed by atoms with Crippen molar-refractivity contribution in [3.63, 3.8) is 0 Å². The van der Waals surface area contributed by atoms with Gasteiger partial charge in [0.2, 0.25) is 0 Å². The molecule has 1 fully saturated rings. The standard InChI is InChI=1S/C22H25N7O2/c1-15-5-4-8-18(23-15)24-19-9-10-20(26-25-19)28-11-13-29(14-12-28)22(30)21-16-6-2-3-7-17(16)31-27-21/h4-5,8-10H,2-3,6-7,11-14H2,1H3,(H,23,24,25). The maximum Gasteiger partial charge on any atom is 0.276 e. The topological polar surface area (TPSA) is 100 Å². The summed E-state index contributed by atoms with van der Waals surface area (Å²) < 4.78 is 5.41. The van der Waals surface area contributed by atoms with Crippen molar-refractivity contribution < 1.29 is 9.32 Å². The van der Waals surface area contributed by atoms with Gasteiger partial charge in [-0.1, -0.05) is 11.2 Å². The summed E-state index contributed by atoms with van der Waals surface area (Å²) in [7, 11) is 0. The van der Waals surface area contributed by atoms with Gasteiger partial charge in [0.25, 0.3) is 5.91 Å². The number of rotatable bonds is 4. The van der Waals surface area contributed by atoms with Gasteiger partial charge in [-0.3, -0.25) is 4.79 Å². The highest BCUT2D eigenvalue weighted by Crippen LogP contribution is 2.25. The summed E-state index contributed by atoms with van der Waals surface area (Å²) >= 11 is 0. The lowest BCUT2D eigenvalue weighted by atomic mass is 9.96. The summed E-state index contributed by atoms with van der Waals surface area (Å²) in [4.78, 5) is 21.4. The molecule has 4 heterocycles. The molecule has 1 amide bonds. The number of anilines is 3. The van der Waals surface area contributed by atoms with Crippen molar-refractivity contribution in [2.45, 2.75) is 32.6 Å². The Morgan fingerprint density at radius 3 is 2.61 bits per heavy atom. The van der Waals surface area contributed by atoms with Gasteiger partial charge in [-0.15, -0.1) is 10.2 Å². The number of nitrogens with zero attached hydrogens (tertiary/aromatic N) is 6. The van der Waals surface area contributed by atoms with Gasteiger partial charge >= 0.3 is 0 Å². The summed E-state index contributed by atoms with van der Waals surface area (Å²) in [5, 5.41) is 15.9. The maximum absolute atomic E-state index is 13.0. The second kappa shape index (κ2) is 8.33. The molecular formula is C22H25N7O2. The average Bonchev–Trinajstić information content (AvgIpc) is 3.24. The summed E-state index contributed by atoms with van der Waals surface area (Å²) in [5.74, 6) is 3.05. The summed E-state index contributed by atoms with van der Waals surface area (Å²) in [5.41, 5.74) is 2.45. The van der Waals surface area contributed by atoms with Crippen molar-refractivity contribution in [3.05, 3.63) is 53.0 Å². The Hall–Kier alpha value is -3.49. The van der Waals surface area contributed by atoms with Crippen LogP contribution in [0, 0.1) is 6.92 Å². The first-order valence-electron chi connectivity index (χ1n) is 10.7. The number of fused-ring (bicyclic) bond motifs is 1. The van der Waals surface area contributed by atoms with Crippen molar-refractivity contribution in [1.29, 1.82) is 0 Å². The van der Waals surface area contributed by atoms with E-state index in [4.69, 9.17) is 4.52 Å². The van der Waals surface area contributed by atoms with Crippen LogP contribution in [0.5, 0.6) is 0 Å². The van der Waals surface area contributed by atoms with Gasteiger partial charge < -0.3 is 19.6 Å². The molecule has 160 valence electrons. The van der Waals surface area contributed by atoms with E-state index in [1.54, 1.807) is 0 Å². The van der Waals surface area contributed by atoms with Crippen molar-refractivity contribution in [2.75, 3.05) is 36.4 Å². The van der Waals surface area contributed by atoms with Crippen molar-refractivity contribution in [3.8, 4) is 0 Å². The highest BCUT2D eigenvalue weighted by molar-refractivity contribution is 5.94. The third-order valence-electron chi connectivity index (χ3n) is 5.84. The Balaban J connectivity index is 1.19. The van der Waals surface area contributed by atoms with Crippen LogP contribution in [0.4, 0.5) is 17.5 Å². The molecule has 3 aromatic rings. The first kappa shape index (κ1) is 19.5. The van der Waals surface area contributed by atoms with E-state index in [-0.39, 0.29) is 5.91 Å². The predicted octanol–water partition coefficient (Wildman–Crippen LogP) is 2.75.